The maximum atomic E-state index is 4.70. The van der Waals surface area contributed by atoms with E-state index in [1.807, 2.05) is 30.3 Å². The Morgan fingerprint density at radius 3 is 2.61 bits per heavy atom. The highest BCUT2D eigenvalue weighted by Gasteiger charge is 2.03. The molecule has 0 bridgehead atoms. The van der Waals surface area contributed by atoms with Crippen LogP contribution in [0.25, 0.3) is 32.6 Å². The minimum Gasteiger partial charge on any atom is -0.248 e. The third-order valence-corrected chi connectivity index (χ3v) is 3.34. The lowest BCUT2D eigenvalue weighted by molar-refractivity contribution is 1.50. The molecule has 0 spiro atoms. The molecule has 0 unspecified atom stereocenters. The fraction of sp³-hybridized carbons (Fsp3) is 0. The Balaban J connectivity index is 2.27. The molecule has 0 aliphatic rings. The molecule has 1 aromatic heterocycles. The third-order valence-electron chi connectivity index (χ3n) is 3.34. The van der Waals surface area contributed by atoms with Crippen molar-refractivity contribution in [2.24, 2.45) is 0 Å². The molecule has 1 radical (unpaired) electrons. The average Bonchev–Trinajstić information content (AvgIpc) is 2.45. The summed E-state index contributed by atoms with van der Waals surface area (Å²) < 4.78 is 0. The number of hydrogen-bond acceptors (Lipinski definition) is 1. The van der Waals surface area contributed by atoms with Crippen molar-refractivity contribution in [3.63, 3.8) is 0 Å². The van der Waals surface area contributed by atoms with Gasteiger partial charge in [-0.1, -0.05) is 42.5 Å². The lowest BCUT2D eigenvalue weighted by atomic mass is 10.0. The molecule has 0 amide bonds. The average molecular weight is 228 g/mol. The van der Waals surface area contributed by atoms with E-state index in [0.29, 0.717) is 0 Å². The summed E-state index contributed by atoms with van der Waals surface area (Å²) in [6.07, 6.45) is 0. The predicted molar refractivity (Wildman–Crippen MR) is 75.6 cm³/mol. The molecule has 1 nitrogen and oxygen atoms in total. The minimum absolute atomic E-state index is 1.01. The van der Waals surface area contributed by atoms with E-state index >= 15 is 0 Å². The van der Waals surface area contributed by atoms with E-state index in [2.05, 4.69) is 36.4 Å². The van der Waals surface area contributed by atoms with Crippen LogP contribution in [0.3, 0.4) is 0 Å². The molecule has 83 valence electrons. The first kappa shape index (κ1) is 9.60. The topological polar surface area (TPSA) is 12.9 Å². The lowest BCUT2D eigenvalue weighted by Gasteiger charge is -2.04. The zero-order valence-corrected chi connectivity index (χ0v) is 9.72. The fourth-order valence-corrected chi connectivity index (χ4v) is 2.45. The SMILES string of the molecule is [c]1cc2nc3ccccc3cc2c2ccccc12. The van der Waals surface area contributed by atoms with E-state index < -0.39 is 0 Å². The highest BCUT2D eigenvalue weighted by atomic mass is 14.7. The molecule has 1 heteroatoms. The highest BCUT2D eigenvalue weighted by molar-refractivity contribution is 6.09. The summed E-state index contributed by atoms with van der Waals surface area (Å²) in [4.78, 5) is 4.70. The lowest BCUT2D eigenvalue weighted by Crippen LogP contribution is -1.83. The van der Waals surface area contributed by atoms with Gasteiger partial charge >= 0.3 is 0 Å². The van der Waals surface area contributed by atoms with Gasteiger partial charge in [-0.05, 0) is 35.0 Å². The van der Waals surface area contributed by atoms with Crippen molar-refractivity contribution in [3.05, 3.63) is 66.7 Å². The number of pyridine rings is 1. The number of fused-ring (bicyclic) bond motifs is 4. The van der Waals surface area contributed by atoms with Crippen LogP contribution in [-0.4, -0.2) is 4.98 Å². The number of rotatable bonds is 0. The Labute approximate surface area is 105 Å². The second-order valence-corrected chi connectivity index (χ2v) is 4.45. The van der Waals surface area contributed by atoms with Crippen molar-refractivity contribution >= 4 is 32.6 Å². The van der Waals surface area contributed by atoms with Crippen LogP contribution in [0.15, 0.2) is 60.7 Å². The number of nitrogens with zero attached hydrogens (tertiary/aromatic N) is 1. The second kappa shape index (κ2) is 3.54. The number of benzene rings is 3. The summed E-state index contributed by atoms with van der Waals surface area (Å²) in [5, 5.41) is 4.74. The molecule has 0 aliphatic carbocycles. The molecule has 0 N–H and O–H groups in total. The zero-order chi connectivity index (χ0) is 11.9. The molecule has 0 saturated heterocycles. The van der Waals surface area contributed by atoms with Gasteiger partial charge in [0, 0.05) is 10.8 Å². The quantitative estimate of drug-likeness (QED) is 0.322. The van der Waals surface area contributed by atoms with Gasteiger partial charge in [0.05, 0.1) is 11.0 Å². The van der Waals surface area contributed by atoms with Crippen molar-refractivity contribution < 1.29 is 0 Å². The van der Waals surface area contributed by atoms with Crippen LogP contribution >= 0.6 is 0 Å². The Bertz CT molecular complexity index is 872. The molecule has 1 heterocycles. The molecule has 0 aliphatic heterocycles. The van der Waals surface area contributed by atoms with Crippen molar-refractivity contribution in [1.29, 1.82) is 0 Å². The first-order valence-electron chi connectivity index (χ1n) is 6.01. The normalized spacial score (nSPS) is 11.3. The van der Waals surface area contributed by atoms with Gasteiger partial charge in [0.1, 0.15) is 0 Å². The van der Waals surface area contributed by atoms with Gasteiger partial charge in [0.2, 0.25) is 0 Å². The van der Waals surface area contributed by atoms with Gasteiger partial charge < -0.3 is 0 Å². The monoisotopic (exact) mass is 228 g/mol. The minimum atomic E-state index is 1.01. The van der Waals surface area contributed by atoms with Gasteiger partial charge in [-0.25, -0.2) is 4.98 Å². The predicted octanol–water partition coefficient (Wildman–Crippen LogP) is 4.34. The maximum Gasteiger partial charge on any atom is 0.0722 e. The Kier molecular flexibility index (Phi) is 1.89. The van der Waals surface area contributed by atoms with Crippen molar-refractivity contribution in [1.82, 2.24) is 4.98 Å². The van der Waals surface area contributed by atoms with Crippen molar-refractivity contribution in [3.8, 4) is 0 Å². The maximum absolute atomic E-state index is 4.70. The van der Waals surface area contributed by atoms with E-state index in [9.17, 15) is 0 Å². The van der Waals surface area contributed by atoms with Crippen molar-refractivity contribution in [2.45, 2.75) is 0 Å². The molecule has 4 rings (SSSR count). The van der Waals surface area contributed by atoms with E-state index in [1.165, 1.54) is 16.2 Å². The smallest absolute Gasteiger partial charge is 0.0722 e. The Morgan fingerprint density at radius 1 is 0.778 bits per heavy atom. The first-order chi connectivity index (χ1) is 8.92. The zero-order valence-electron chi connectivity index (χ0n) is 9.72. The van der Waals surface area contributed by atoms with Crippen LogP contribution in [0.5, 0.6) is 0 Å². The van der Waals surface area contributed by atoms with E-state index in [-0.39, 0.29) is 0 Å². The van der Waals surface area contributed by atoms with Crippen LogP contribution in [0, 0.1) is 6.07 Å². The summed E-state index contributed by atoms with van der Waals surface area (Å²) in [5.41, 5.74) is 2.04. The number of aromatic nitrogens is 1. The van der Waals surface area contributed by atoms with Gasteiger partial charge in [0.15, 0.2) is 0 Å². The largest absolute Gasteiger partial charge is 0.248 e. The van der Waals surface area contributed by atoms with E-state index in [0.717, 1.165) is 16.4 Å². The third kappa shape index (κ3) is 1.31. The van der Waals surface area contributed by atoms with Gasteiger partial charge in [-0.2, -0.15) is 0 Å². The standard InChI is InChI=1S/C17H10N/c1-3-7-14-12(5-1)9-10-17-15(14)11-13-6-2-4-8-16(13)18-17/h1-8,10-11H. The van der Waals surface area contributed by atoms with Crippen LogP contribution < -0.4 is 0 Å². The van der Waals surface area contributed by atoms with E-state index in [1.54, 1.807) is 0 Å². The summed E-state index contributed by atoms with van der Waals surface area (Å²) in [7, 11) is 0. The summed E-state index contributed by atoms with van der Waals surface area (Å²) in [6.45, 7) is 0. The molecule has 0 saturated carbocycles. The Hall–Kier alpha value is -2.41. The highest BCUT2D eigenvalue weighted by Crippen LogP contribution is 2.26. The van der Waals surface area contributed by atoms with Crippen LogP contribution in [-0.2, 0) is 0 Å². The summed E-state index contributed by atoms with van der Waals surface area (Å²) >= 11 is 0. The van der Waals surface area contributed by atoms with Gasteiger partial charge in [-0.15, -0.1) is 0 Å². The van der Waals surface area contributed by atoms with Crippen LogP contribution in [0.4, 0.5) is 0 Å². The van der Waals surface area contributed by atoms with Crippen molar-refractivity contribution in [2.75, 3.05) is 0 Å². The molecule has 0 fully saturated rings. The van der Waals surface area contributed by atoms with E-state index in [4.69, 9.17) is 4.98 Å². The Morgan fingerprint density at radius 2 is 1.61 bits per heavy atom. The summed E-state index contributed by atoms with van der Waals surface area (Å²) in [6, 6.07) is 24.0. The molecule has 0 atom stereocenters. The second-order valence-electron chi connectivity index (χ2n) is 4.45. The summed E-state index contributed by atoms with van der Waals surface area (Å²) in [5.74, 6) is 0. The molecule has 4 aromatic rings. The molecular weight excluding hydrogens is 218 g/mol. The molecular formula is C17H10N. The number of hydrogen-bond donors (Lipinski definition) is 0. The number of para-hydroxylation sites is 1. The molecule has 3 aromatic carbocycles. The fourth-order valence-electron chi connectivity index (χ4n) is 2.45. The first-order valence-corrected chi connectivity index (χ1v) is 6.01. The van der Waals surface area contributed by atoms with Crippen LogP contribution in [0.1, 0.15) is 0 Å². The van der Waals surface area contributed by atoms with Crippen LogP contribution in [0.2, 0.25) is 0 Å². The van der Waals surface area contributed by atoms with Gasteiger partial charge in [-0.3, -0.25) is 0 Å². The van der Waals surface area contributed by atoms with Gasteiger partial charge in [0.25, 0.3) is 0 Å². The molecule has 18 heavy (non-hydrogen) atoms.